The average Bonchev–Trinajstić information content (AvgIpc) is 2.88. The number of hydrogen-bond donors (Lipinski definition) is 2. The molecule has 0 aromatic carbocycles. The van der Waals surface area contributed by atoms with Crippen LogP contribution in [0.15, 0.2) is 30.7 Å². The maximum atomic E-state index is 4.22. The molecule has 0 bridgehead atoms. The molecule has 3 heterocycles. The summed E-state index contributed by atoms with van der Waals surface area (Å²) in [7, 11) is 0. The molecule has 5 nitrogen and oxygen atoms in total. The number of nitrogens with one attached hydrogen (secondary N) is 2. The minimum absolute atomic E-state index is 0.742. The molecule has 2 aliphatic rings. The van der Waals surface area contributed by atoms with Crippen molar-refractivity contribution in [3.05, 3.63) is 30.7 Å². The Labute approximate surface area is 79.6 Å². The Morgan fingerprint density at radius 1 is 1.07 bits per heavy atom. The van der Waals surface area contributed by atoms with Gasteiger partial charge in [-0.2, -0.15) is 5.10 Å². The van der Waals surface area contributed by atoms with Crippen molar-refractivity contribution in [3.8, 4) is 22.9 Å². The molecule has 1 aromatic heterocycles. The highest BCUT2D eigenvalue weighted by Gasteiger charge is 2.07. The molecule has 0 atom stereocenters. The van der Waals surface area contributed by atoms with Crippen molar-refractivity contribution in [2.24, 2.45) is 0 Å². The molecule has 68 valence electrons. The monoisotopic (exact) mass is 185 g/mol. The summed E-state index contributed by atoms with van der Waals surface area (Å²) in [5.74, 6) is 0.742. The van der Waals surface area contributed by atoms with Crippen LogP contribution in [0.4, 0.5) is 0 Å². The van der Waals surface area contributed by atoms with Gasteiger partial charge in [0.1, 0.15) is 11.4 Å². The molecule has 0 saturated carbocycles. The van der Waals surface area contributed by atoms with Gasteiger partial charge in [0.25, 0.3) is 0 Å². The summed E-state index contributed by atoms with van der Waals surface area (Å²) >= 11 is 0. The standard InChI is InChI=1S/C9H7N5/c1-3-10-8-5-11-9(13-6(1)8)7-2-4-12-14-7/h1-5H,(H,11,13)(H,12,14). The number of nitrogens with zero attached hydrogens (tertiary/aromatic N) is 3. The SMILES string of the molecule is c1cc2[nH]c(-c3cc[nH]n3)ncc-2n1. The van der Waals surface area contributed by atoms with Gasteiger partial charge in [-0.05, 0) is 12.1 Å². The van der Waals surface area contributed by atoms with Crippen LogP contribution in [0.5, 0.6) is 0 Å². The summed E-state index contributed by atoms with van der Waals surface area (Å²) in [4.78, 5) is 11.5. The fraction of sp³-hybridized carbons (Fsp3) is 0. The maximum absolute atomic E-state index is 4.22. The van der Waals surface area contributed by atoms with E-state index in [2.05, 4.69) is 25.1 Å². The van der Waals surface area contributed by atoms with Crippen molar-refractivity contribution >= 4 is 0 Å². The smallest absolute Gasteiger partial charge is 0.158 e. The van der Waals surface area contributed by atoms with Gasteiger partial charge in [-0.3, -0.25) is 10.1 Å². The van der Waals surface area contributed by atoms with Gasteiger partial charge in [-0.1, -0.05) is 0 Å². The van der Waals surface area contributed by atoms with E-state index in [1.54, 1.807) is 18.6 Å². The van der Waals surface area contributed by atoms with E-state index in [1.807, 2.05) is 12.1 Å². The van der Waals surface area contributed by atoms with E-state index < -0.39 is 0 Å². The molecule has 0 amide bonds. The lowest BCUT2D eigenvalue weighted by molar-refractivity contribution is 1.06. The molecule has 0 unspecified atom stereocenters. The third-order valence-corrected chi connectivity index (χ3v) is 2.04. The zero-order chi connectivity index (χ0) is 9.38. The predicted molar refractivity (Wildman–Crippen MR) is 50.6 cm³/mol. The average molecular weight is 185 g/mol. The van der Waals surface area contributed by atoms with Crippen LogP contribution in [0.3, 0.4) is 0 Å². The molecule has 2 N–H and O–H groups in total. The third kappa shape index (κ3) is 0.990. The zero-order valence-electron chi connectivity index (χ0n) is 7.23. The van der Waals surface area contributed by atoms with Gasteiger partial charge in [0.2, 0.25) is 0 Å². The van der Waals surface area contributed by atoms with Crippen molar-refractivity contribution in [1.29, 1.82) is 0 Å². The summed E-state index contributed by atoms with van der Waals surface area (Å²) in [6.45, 7) is 0. The number of H-pyrrole nitrogens is 2. The number of rotatable bonds is 1. The molecular weight excluding hydrogens is 178 g/mol. The van der Waals surface area contributed by atoms with Gasteiger partial charge in [0.05, 0.1) is 11.9 Å². The van der Waals surface area contributed by atoms with Crippen molar-refractivity contribution < 1.29 is 0 Å². The topological polar surface area (TPSA) is 70.2 Å². The minimum Gasteiger partial charge on any atom is -0.337 e. The van der Waals surface area contributed by atoms with Gasteiger partial charge < -0.3 is 4.98 Å². The van der Waals surface area contributed by atoms with Crippen LogP contribution >= 0.6 is 0 Å². The lowest BCUT2D eigenvalue weighted by atomic mass is 10.3. The van der Waals surface area contributed by atoms with Gasteiger partial charge in [-0.15, -0.1) is 0 Å². The first-order valence-corrected chi connectivity index (χ1v) is 4.23. The Balaban J connectivity index is 2.20. The molecule has 0 aliphatic carbocycles. The maximum Gasteiger partial charge on any atom is 0.158 e. The highest BCUT2D eigenvalue weighted by Crippen LogP contribution is 2.19. The lowest BCUT2D eigenvalue weighted by Crippen LogP contribution is -1.92. The summed E-state index contributed by atoms with van der Waals surface area (Å²) < 4.78 is 0. The van der Waals surface area contributed by atoms with Crippen LogP contribution in [0, 0.1) is 0 Å². The Morgan fingerprint density at radius 3 is 2.93 bits per heavy atom. The van der Waals surface area contributed by atoms with Crippen molar-refractivity contribution in [3.63, 3.8) is 0 Å². The van der Waals surface area contributed by atoms with E-state index in [4.69, 9.17) is 0 Å². The summed E-state index contributed by atoms with van der Waals surface area (Å²) in [5.41, 5.74) is 2.63. The first-order chi connectivity index (χ1) is 6.93. The Bertz CT molecular complexity index is 510. The van der Waals surface area contributed by atoms with E-state index in [-0.39, 0.29) is 0 Å². The molecule has 0 spiro atoms. The van der Waals surface area contributed by atoms with Crippen molar-refractivity contribution in [1.82, 2.24) is 25.1 Å². The molecule has 5 heteroatoms. The van der Waals surface area contributed by atoms with E-state index in [0.717, 1.165) is 22.9 Å². The molecule has 2 aliphatic heterocycles. The third-order valence-electron chi connectivity index (χ3n) is 2.04. The van der Waals surface area contributed by atoms with Crippen LogP contribution in [-0.4, -0.2) is 25.1 Å². The highest BCUT2D eigenvalue weighted by molar-refractivity contribution is 5.59. The Hall–Kier alpha value is -2.17. The van der Waals surface area contributed by atoms with E-state index >= 15 is 0 Å². The second-order valence-electron chi connectivity index (χ2n) is 2.94. The fourth-order valence-electron chi connectivity index (χ4n) is 1.36. The minimum atomic E-state index is 0.742. The largest absolute Gasteiger partial charge is 0.337 e. The summed E-state index contributed by atoms with van der Waals surface area (Å²) in [6, 6.07) is 3.77. The molecule has 3 rings (SSSR count). The molecule has 14 heavy (non-hydrogen) atoms. The fourth-order valence-corrected chi connectivity index (χ4v) is 1.36. The number of fused-ring (bicyclic) bond motifs is 1. The van der Waals surface area contributed by atoms with E-state index in [0.29, 0.717) is 0 Å². The lowest BCUT2D eigenvalue weighted by Gasteiger charge is -2.00. The second-order valence-corrected chi connectivity index (χ2v) is 2.94. The first-order valence-electron chi connectivity index (χ1n) is 4.23. The van der Waals surface area contributed by atoms with Gasteiger partial charge in [0, 0.05) is 12.4 Å². The van der Waals surface area contributed by atoms with Crippen LogP contribution in [-0.2, 0) is 0 Å². The van der Waals surface area contributed by atoms with E-state index in [9.17, 15) is 0 Å². The number of hydrogen-bond acceptors (Lipinski definition) is 3. The van der Waals surface area contributed by atoms with Gasteiger partial charge in [-0.25, -0.2) is 4.98 Å². The molecule has 0 radical (unpaired) electrons. The summed E-state index contributed by atoms with van der Waals surface area (Å²) in [5, 5.41) is 6.78. The first kappa shape index (κ1) is 7.25. The van der Waals surface area contributed by atoms with Crippen LogP contribution in [0.2, 0.25) is 0 Å². The Kier molecular flexibility index (Phi) is 1.38. The number of aromatic amines is 2. The Morgan fingerprint density at radius 2 is 2.07 bits per heavy atom. The molecule has 0 saturated heterocycles. The predicted octanol–water partition coefficient (Wildman–Crippen LogP) is 1.30. The quantitative estimate of drug-likeness (QED) is 0.600. The zero-order valence-corrected chi connectivity index (χ0v) is 7.23. The highest BCUT2D eigenvalue weighted by atomic mass is 15.1. The van der Waals surface area contributed by atoms with Gasteiger partial charge >= 0.3 is 0 Å². The van der Waals surface area contributed by atoms with E-state index in [1.165, 1.54) is 0 Å². The van der Waals surface area contributed by atoms with Gasteiger partial charge in [0.15, 0.2) is 5.82 Å². The van der Waals surface area contributed by atoms with Crippen molar-refractivity contribution in [2.45, 2.75) is 0 Å². The summed E-state index contributed by atoms with van der Waals surface area (Å²) in [6.07, 6.45) is 5.24. The normalized spacial score (nSPS) is 10.9. The number of aromatic nitrogens is 5. The van der Waals surface area contributed by atoms with Crippen LogP contribution < -0.4 is 0 Å². The van der Waals surface area contributed by atoms with Crippen LogP contribution in [0.1, 0.15) is 0 Å². The molecular formula is C9H7N5. The second kappa shape index (κ2) is 2.66. The van der Waals surface area contributed by atoms with Crippen molar-refractivity contribution in [2.75, 3.05) is 0 Å². The van der Waals surface area contributed by atoms with Crippen LogP contribution in [0.25, 0.3) is 22.9 Å². The molecule has 0 fully saturated rings. The molecule has 1 aromatic rings.